The second-order valence-electron chi connectivity index (χ2n) is 7.11. The molecule has 120 valence electrons. The Morgan fingerprint density at radius 1 is 1.29 bits per heavy atom. The molecule has 0 spiro atoms. The van der Waals surface area contributed by atoms with Crippen LogP contribution in [0.5, 0.6) is 0 Å². The molecule has 0 aliphatic heterocycles. The molecule has 0 radical (unpaired) electrons. The second kappa shape index (κ2) is 8.14. The quantitative estimate of drug-likeness (QED) is 0.704. The van der Waals surface area contributed by atoms with Crippen LogP contribution < -0.4 is 5.32 Å². The van der Waals surface area contributed by atoms with E-state index in [-0.39, 0.29) is 16.3 Å². The van der Waals surface area contributed by atoms with E-state index >= 15 is 0 Å². The van der Waals surface area contributed by atoms with E-state index in [1.807, 2.05) is 6.07 Å². The van der Waals surface area contributed by atoms with Crippen molar-refractivity contribution in [3.05, 3.63) is 34.6 Å². The number of hydrogen-bond donors (Lipinski definition) is 1. The molecule has 1 aromatic rings. The van der Waals surface area contributed by atoms with Crippen molar-refractivity contribution in [2.24, 2.45) is 11.3 Å². The first-order valence-electron chi connectivity index (χ1n) is 7.91. The minimum absolute atomic E-state index is 0.194. The van der Waals surface area contributed by atoms with Crippen molar-refractivity contribution in [3.8, 4) is 0 Å². The lowest BCUT2D eigenvalue weighted by Gasteiger charge is -2.31. The molecule has 1 nitrogen and oxygen atoms in total. The highest BCUT2D eigenvalue weighted by atomic mass is 35.5. The van der Waals surface area contributed by atoms with E-state index in [0.29, 0.717) is 12.0 Å². The van der Waals surface area contributed by atoms with E-state index in [2.05, 4.69) is 39.9 Å². The lowest BCUT2D eigenvalue weighted by molar-refractivity contribution is 0.222. The molecule has 0 aliphatic carbocycles. The zero-order valence-electron chi connectivity index (χ0n) is 14.0. The first kappa shape index (κ1) is 18.4. The molecule has 0 bridgehead atoms. The number of rotatable bonds is 7. The summed E-state index contributed by atoms with van der Waals surface area (Å²) in [5.74, 6) is 0.274. The average Bonchev–Trinajstić information content (AvgIpc) is 2.39. The Hall–Kier alpha value is -0.600. The fourth-order valence-electron chi connectivity index (χ4n) is 2.32. The normalized spacial score (nSPS) is 15.0. The Kier molecular flexibility index (Phi) is 7.15. The third-order valence-electron chi connectivity index (χ3n) is 4.27. The molecule has 21 heavy (non-hydrogen) atoms. The van der Waals surface area contributed by atoms with Gasteiger partial charge in [-0.1, -0.05) is 52.3 Å². The average molecular weight is 314 g/mol. The molecule has 2 unspecified atom stereocenters. The molecule has 0 saturated heterocycles. The summed E-state index contributed by atoms with van der Waals surface area (Å²) in [6.45, 7) is 12.3. The van der Waals surface area contributed by atoms with Gasteiger partial charge >= 0.3 is 0 Å². The van der Waals surface area contributed by atoms with Gasteiger partial charge in [0.1, 0.15) is 5.82 Å². The van der Waals surface area contributed by atoms with Crippen LogP contribution in [0.2, 0.25) is 5.02 Å². The van der Waals surface area contributed by atoms with Crippen molar-refractivity contribution in [2.75, 3.05) is 6.54 Å². The van der Waals surface area contributed by atoms with Crippen LogP contribution in [0.3, 0.4) is 0 Å². The van der Waals surface area contributed by atoms with Crippen molar-refractivity contribution in [1.82, 2.24) is 5.32 Å². The SMILES string of the molecule is CCCNC(Cc1ccc(Cl)c(F)c1)CC(C)C(C)(C)C. The summed E-state index contributed by atoms with van der Waals surface area (Å²) < 4.78 is 13.6. The van der Waals surface area contributed by atoms with Gasteiger partial charge in [0, 0.05) is 6.04 Å². The summed E-state index contributed by atoms with van der Waals surface area (Å²) in [6.07, 6.45) is 3.04. The maximum atomic E-state index is 13.6. The van der Waals surface area contributed by atoms with Crippen molar-refractivity contribution in [1.29, 1.82) is 0 Å². The topological polar surface area (TPSA) is 12.0 Å². The first-order chi connectivity index (χ1) is 9.74. The van der Waals surface area contributed by atoms with E-state index in [1.165, 1.54) is 0 Å². The standard InChI is InChI=1S/C18H29ClFN/c1-6-9-21-15(10-13(2)18(3,4)5)11-14-7-8-16(19)17(20)12-14/h7-8,12-13,15,21H,6,9-11H2,1-5H3. The van der Waals surface area contributed by atoms with Crippen LogP contribution in [0.4, 0.5) is 4.39 Å². The number of nitrogens with one attached hydrogen (secondary N) is 1. The number of halogens is 2. The number of hydrogen-bond acceptors (Lipinski definition) is 1. The van der Waals surface area contributed by atoms with E-state index in [0.717, 1.165) is 31.4 Å². The van der Waals surface area contributed by atoms with E-state index in [9.17, 15) is 4.39 Å². The van der Waals surface area contributed by atoms with E-state index in [1.54, 1.807) is 12.1 Å². The maximum absolute atomic E-state index is 13.6. The monoisotopic (exact) mass is 313 g/mol. The third-order valence-corrected chi connectivity index (χ3v) is 4.57. The van der Waals surface area contributed by atoms with Gasteiger partial charge in [-0.2, -0.15) is 0 Å². The predicted molar refractivity (Wildman–Crippen MR) is 90.4 cm³/mol. The van der Waals surface area contributed by atoms with Gasteiger partial charge in [0.15, 0.2) is 0 Å². The maximum Gasteiger partial charge on any atom is 0.142 e. The molecule has 1 N–H and O–H groups in total. The fraction of sp³-hybridized carbons (Fsp3) is 0.667. The lowest BCUT2D eigenvalue weighted by atomic mass is 9.78. The highest BCUT2D eigenvalue weighted by molar-refractivity contribution is 6.30. The molecule has 0 saturated carbocycles. The summed E-state index contributed by atoms with van der Waals surface area (Å²) in [4.78, 5) is 0. The van der Waals surface area contributed by atoms with Crippen LogP contribution in [0.25, 0.3) is 0 Å². The van der Waals surface area contributed by atoms with Crippen molar-refractivity contribution >= 4 is 11.6 Å². The zero-order chi connectivity index (χ0) is 16.0. The molecule has 1 aromatic carbocycles. The van der Waals surface area contributed by atoms with Gasteiger partial charge < -0.3 is 5.32 Å². The highest BCUT2D eigenvalue weighted by Gasteiger charge is 2.23. The molecule has 0 aromatic heterocycles. The third kappa shape index (κ3) is 6.36. The van der Waals surface area contributed by atoms with Crippen LogP contribution in [0, 0.1) is 17.2 Å². The molecule has 0 heterocycles. The van der Waals surface area contributed by atoms with E-state index < -0.39 is 0 Å². The first-order valence-corrected chi connectivity index (χ1v) is 8.29. The lowest BCUT2D eigenvalue weighted by Crippen LogP contribution is -2.35. The van der Waals surface area contributed by atoms with E-state index in [4.69, 9.17) is 11.6 Å². The molecule has 0 amide bonds. The molecule has 0 aliphatic rings. The van der Waals surface area contributed by atoms with Gasteiger partial charge in [-0.3, -0.25) is 0 Å². The van der Waals surface area contributed by atoms with Crippen LogP contribution in [-0.2, 0) is 6.42 Å². The van der Waals surface area contributed by atoms with Crippen molar-refractivity contribution in [2.45, 2.75) is 59.9 Å². The Morgan fingerprint density at radius 3 is 2.48 bits per heavy atom. The van der Waals surface area contributed by atoms with Gasteiger partial charge in [-0.05, 0) is 54.8 Å². The van der Waals surface area contributed by atoms with Gasteiger partial charge in [-0.15, -0.1) is 0 Å². The predicted octanol–water partition coefficient (Wildman–Crippen LogP) is 5.46. The van der Waals surface area contributed by atoms with Gasteiger partial charge in [0.25, 0.3) is 0 Å². The summed E-state index contributed by atoms with van der Waals surface area (Å²) >= 11 is 5.75. The second-order valence-corrected chi connectivity index (χ2v) is 7.51. The van der Waals surface area contributed by atoms with Crippen molar-refractivity contribution in [3.63, 3.8) is 0 Å². The Balaban J connectivity index is 2.75. The molecular weight excluding hydrogens is 285 g/mol. The molecule has 3 heteroatoms. The highest BCUT2D eigenvalue weighted by Crippen LogP contribution is 2.30. The molecule has 0 fully saturated rings. The van der Waals surface area contributed by atoms with Crippen LogP contribution in [0.15, 0.2) is 18.2 Å². The molecule has 2 atom stereocenters. The summed E-state index contributed by atoms with van der Waals surface area (Å²) in [5, 5.41) is 3.79. The number of benzene rings is 1. The fourth-order valence-corrected chi connectivity index (χ4v) is 2.44. The molecular formula is C18H29ClFN. The van der Waals surface area contributed by atoms with Crippen molar-refractivity contribution < 1.29 is 4.39 Å². The Labute approximate surface area is 134 Å². The van der Waals surface area contributed by atoms with Gasteiger partial charge in [-0.25, -0.2) is 4.39 Å². The van der Waals surface area contributed by atoms with Crippen LogP contribution in [-0.4, -0.2) is 12.6 Å². The largest absolute Gasteiger partial charge is 0.314 e. The zero-order valence-corrected chi connectivity index (χ0v) is 14.7. The van der Waals surface area contributed by atoms with Gasteiger partial charge in [0.05, 0.1) is 5.02 Å². The van der Waals surface area contributed by atoms with Gasteiger partial charge in [0.2, 0.25) is 0 Å². The smallest absolute Gasteiger partial charge is 0.142 e. The van der Waals surface area contributed by atoms with Crippen LogP contribution in [0.1, 0.15) is 53.0 Å². The summed E-state index contributed by atoms with van der Waals surface area (Å²) in [5.41, 5.74) is 1.30. The van der Waals surface area contributed by atoms with Crippen LogP contribution >= 0.6 is 11.6 Å². The summed E-state index contributed by atoms with van der Waals surface area (Å²) in [6, 6.07) is 5.51. The minimum atomic E-state index is -0.327. The summed E-state index contributed by atoms with van der Waals surface area (Å²) in [7, 11) is 0. The Bertz CT molecular complexity index is 439. The molecule has 1 rings (SSSR count). The minimum Gasteiger partial charge on any atom is -0.314 e. The Morgan fingerprint density at radius 2 is 1.95 bits per heavy atom.